The molecule has 0 spiro atoms. The van der Waals surface area contributed by atoms with E-state index in [1.807, 2.05) is 23.1 Å². The van der Waals surface area contributed by atoms with Crippen molar-refractivity contribution in [3.8, 4) is 0 Å². The molecule has 100 valence electrons. The van der Waals surface area contributed by atoms with Crippen molar-refractivity contribution in [1.82, 2.24) is 14.7 Å². The highest BCUT2D eigenvalue weighted by molar-refractivity contribution is 5.85. The van der Waals surface area contributed by atoms with Crippen molar-refractivity contribution in [3.05, 3.63) is 18.5 Å². The van der Waals surface area contributed by atoms with Crippen molar-refractivity contribution in [1.29, 1.82) is 0 Å². The Labute approximate surface area is 115 Å². The summed E-state index contributed by atoms with van der Waals surface area (Å²) < 4.78 is 1.98. The summed E-state index contributed by atoms with van der Waals surface area (Å²) in [4.78, 5) is 2.48. The quantitative estimate of drug-likeness (QED) is 0.907. The minimum absolute atomic E-state index is 0. The van der Waals surface area contributed by atoms with Crippen molar-refractivity contribution in [2.24, 2.45) is 11.1 Å². The fourth-order valence-electron chi connectivity index (χ4n) is 2.16. The Morgan fingerprint density at radius 3 is 2.65 bits per heavy atom. The standard InChI is InChI=1S/C11H20N4.2ClH/c1-11(9-12)3-6-14(10-11)7-8-15-5-2-4-13-15;;/h2,4-5H,3,6-10,12H2,1H3;2*1H. The van der Waals surface area contributed by atoms with Gasteiger partial charge in [-0.15, -0.1) is 24.8 Å². The fourth-order valence-corrected chi connectivity index (χ4v) is 2.16. The zero-order valence-electron chi connectivity index (χ0n) is 10.2. The molecule has 2 heterocycles. The predicted molar refractivity (Wildman–Crippen MR) is 74.9 cm³/mol. The van der Waals surface area contributed by atoms with E-state index in [4.69, 9.17) is 5.73 Å². The molecule has 1 aromatic heterocycles. The first kappa shape index (κ1) is 16.7. The Hall–Kier alpha value is -0.290. The van der Waals surface area contributed by atoms with E-state index in [0.29, 0.717) is 5.41 Å². The molecule has 1 saturated heterocycles. The highest BCUT2D eigenvalue weighted by Crippen LogP contribution is 2.27. The second-order valence-electron chi connectivity index (χ2n) is 4.81. The van der Waals surface area contributed by atoms with Crippen LogP contribution < -0.4 is 5.73 Å². The lowest BCUT2D eigenvalue weighted by Gasteiger charge is -2.22. The minimum Gasteiger partial charge on any atom is -0.330 e. The highest BCUT2D eigenvalue weighted by Gasteiger charge is 2.31. The molecular formula is C11H22Cl2N4. The average molecular weight is 281 g/mol. The van der Waals surface area contributed by atoms with Gasteiger partial charge in [-0.1, -0.05) is 6.92 Å². The molecule has 1 aliphatic heterocycles. The van der Waals surface area contributed by atoms with E-state index in [1.54, 1.807) is 0 Å². The molecular weight excluding hydrogens is 259 g/mol. The summed E-state index contributed by atoms with van der Waals surface area (Å²) in [5.74, 6) is 0. The van der Waals surface area contributed by atoms with Crippen molar-refractivity contribution in [2.45, 2.75) is 19.9 Å². The Balaban J connectivity index is 0.00000128. The summed E-state index contributed by atoms with van der Waals surface area (Å²) in [6.45, 7) is 7.44. The van der Waals surface area contributed by atoms with Gasteiger partial charge in [0.15, 0.2) is 0 Å². The van der Waals surface area contributed by atoms with Crippen LogP contribution in [0, 0.1) is 5.41 Å². The number of rotatable bonds is 4. The molecule has 0 amide bonds. The van der Waals surface area contributed by atoms with Gasteiger partial charge in [-0.3, -0.25) is 4.68 Å². The third-order valence-corrected chi connectivity index (χ3v) is 3.33. The van der Waals surface area contributed by atoms with Crippen molar-refractivity contribution in [3.63, 3.8) is 0 Å². The van der Waals surface area contributed by atoms with Gasteiger partial charge in [-0.25, -0.2) is 0 Å². The lowest BCUT2D eigenvalue weighted by molar-refractivity contribution is 0.268. The zero-order chi connectivity index (χ0) is 10.7. The fraction of sp³-hybridized carbons (Fsp3) is 0.727. The number of likely N-dealkylation sites (tertiary alicyclic amines) is 1. The first-order chi connectivity index (χ1) is 7.22. The summed E-state index contributed by atoms with van der Waals surface area (Å²) in [6, 6.07) is 1.97. The monoisotopic (exact) mass is 280 g/mol. The highest BCUT2D eigenvalue weighted by atomic mass is 35.5. The first-order valence-corrected chi connectivity index (χ1v) is 5.62. The molecule has 0 bridgehead atoms. The van der Waals surface area contributed by atoms with Crippen LogP contribution in [-0.2, 0) is 6.54 Å². The molecule has 1 aliphatic rings. The SMILES string of the molecule is CC1(CN)CCN(CCn2cccn2)C1.Cl.Cl. The van der Waals surface area contributed by atoms with E-state index in [0.717, 1.165) is 26.2 Å². The topological polar surface area (TPSA) is 47.1 Å². The third-order valence-electron chi connectivity index (χ3n) is 3.33. The van der Waals surface area contributed by atoms with Crippen LogP contribution in [0.4, 0.5) is 0 Å². The van der Waals surface area contributed by atoms with Gasteiger partial charge in [0.1, 0.15) is 0 Å². The smallest absolute Gasteiger partial charge is 0.0536 e. The molecule has 1 fully saturated rings. The Bertz CT molecular complexity index is 304. The molecule has 4 nitrogen and oxygen atoms in total. The van der Waals surface area contributed by atoms with E-state index >= 15 is 0 Å². The molecule has 1 aromatic rings. The maximum absolute atomic E-state index is 5.78. The van der Waals surface area contributed by atoms with Crippen LogP contribution in [0.2, 0.25) is 0 Å². The van der Waals surface area contributed by atoms with Crippen molar-refractivity contribution < 1.29 is 0 Å². The number of hydrogen-bond donors (Lipinski definition) is 1. The van der Waals surface area contributed by atoms with Crippen LogP contribution in [0.25, 0.3) is 0 Å². The summed E-state index contributed by atoms with van der Waals surface area (Å²) in [6.07, 6.45) is 5.06. The first-order valence-electron chi connectivity index (χ1n) is 5.62. The summed E-state index contributed by atoms with van der Waals surface area (Å²) in [5.41, 5.74) is 6.11. The van der Waals surface area contributed by atoms with Gasteiger partial charge in [-0.05, 0) is 31.0 Å². The number of halogens is 2. The van der Waals surface area contributed by atoms with Gasteiger partial charge in [0.25, 0.3) is 0 Å². The largest absolute Gasteiger partial charge is 0.330 e. The van der Waals surface area contributed by atoms with Crippen LogP contribution in [0.5, 0.6) is 0 Å². The molecule has 0 saturated carbocycles. The van der Waals surface area contributed by atoms with Crippen LogP contribution in [0.15, 0.2) is 18.5 Å². The average Bonchev–Trinajstić information content (AvgIpc) is 2.85. The minimum atomic E-state index is 0. The zero-order valence-corrected chi connectivity index (χ0v) is 11.8. The molecule has 1 unspecified atom stereocenters. The molecule has 17 heavy (non-hydrogen) atoms. The Kier molecular flexibility index (Phi) is 7.09. The van der Waals surface area contributed by atoms with E-state index in [9.17, 15) is 0 Å². The molecule has 2 N–H and O–H groups in total. The summed E-state index contributed by atoms with van der Waals surface area (Å²) in [5, 5.41) is 4.20. The Morgan fingerprint density at radius 2 is 2.12 bits per heavy atom. The molecule has 2 rings (SSSR count). The lowest BCUT2D eigenvalue weighted by atomic mass is 9.90. The van der Waals surface area contributed by atoms with Gasteiger partial charge < -0.3 is 10.6 Å². The number of nitrogens with two attached hydrogens (primary N) is 1. The molecule has 0 aromatic carbocycles. The van der Waals surface area contributed by atoms with Crippen LogP contribution in [0.3, 0.4) is 0 Å². The normalized spacial score (nSPS) is 24.1. The third kappa shape index (κ3) is 4.47. The van der Waals surface area contributed by atoms with E-state index in [1.165, 1.54) is 13.0 Å². The maximum Gasteiger partial charge on any atom is 0.0536 e. The summed E-state index contributed by atoms with van der Waals surface area (Å²) in [7, 11) is 0. The van der Waals surface area contributed by atoms with Crippen molar-refractivity contribution >= 4 is 24.8 Å². The van der Waals surface area contributed by atoms with Gasteiger partial charge in [0, 0.05) is 25.5 Å². The van der Waals surface area contributed by atoms with E-state index in [-0.39, 0.29) is 24.8 Å². The number of aromatic nitrogens is 2. The van der Waals surface area contributed by atoms with Gasteiger partial charge in [0.2, 0.25) is 0 Å². The van der Waals surface area contributed by atoms with Gasteiger partial charge in [-0.2, -0.15) is 5.10 Å². The van der Waals surface area contributed by atoms with E-state index < -0.39 is 0 Å². The van der Waals surface area contributed by atoms with Gasteiger partial charge in [0.05, 0.1) is 6.54 Å². The molecule has 0 radical (unpaired) electrons. The molecule has 1 atom stereocenters. The molecule has 0 aliphatic carbocycles. The van der Waals surface area contributed by atoms with Crippen LogP contribution >= 0.6 is 24.8 Å². The molecule has 6 heteroatoms. The Morgan fingerprint density at radius 1 is 1.35 bits per heavy atom. The van der Waals surface area contributed by atoms with E-state index in [2.05, 4.69) is 16.9 Å². The maximum atomic E-state index is 5.78. The number of hydrogen-bond acceptors (Lipinski definition) is 3. The summed E-state index contributed by atoms with van der Waals surface area (Å²) >= 11 is 0. The second kappa shape index (κ2) is 7.21. The second-order valence-corrected chi connectivity index (χ2v) is 4.81. The number of nitrogens with zero attached hydrogens (tertiary/aromatic N) is 3. The van der Waals surface area contributed by atoms with Gasteiger partial charge >= 0.3 is 0 Å². The lowest BCUT2D eigenvalue weighted by Crippen LogP contribution is -2.32. The van der Waals surface area contributed by atoms with Crippen LogP contribution in [0.1, 0.15) is 13.3 Å². The predicted octanol–water partition coefficient (Wildman–Crippen LogP) is 1.40. The van der Waals surface area contributed by atoms with Crippen molar-refractivity contribution in [2.75, 3.05) is 26.2 Å². The van der Waals surface area contributed by atoms with Crippen LogP contribution in [-0.4, -0.2) is 40.9 Å².